The Balaban J connectivity index is 2.89. The third-order valence-corrected chi connectivity index (χ3v) is 3.59. The largest absolute Gasteiger partial charge is 0.379 e. The number of benzene rings is 1. The van der Waals surface area contributed by atoms with Crippen LogP contribution in [0.25, 0.3) is 0 Å². The van der Waals surface area contributed by atoms with E-state index < -0.39 is 11.6 Å². The minimum absolute atomic E-state index is 0.145. The number of halogens is 2. The third-order valence-electron chi connectivity index (χ3n) is 3.59. The minimum Gasteiger partial charge on any atom is -0.379 e. The first-order chi connectivity index (χ1) is 8.80. The van der Waals surface area contributed by atoms with Gasteiger partial charge in [-0.3, -0.25) is 0 Å². The average molecular weight is 271 g/mol. The molecule has 108 valence electrons. The van der Waals surface area contributed by atoms with E-state index in [0.717, 1.165) is 18.9 Å². The zero-order valence-corrected chi connectivity index (χ0v) is 12.3. The molecule has 0 aromatic heterocycles. The molecular weight excluding hydrogens is 248 g/mol. The maximum atomic E-state index is 13.9. The SMILES string of the molecule is CNC(CCC(C)(C)OC)c1cc(C)c(F)cc1F. The Morgan fingerprint density at radius 1 is 1.26 bits per heavy atom. The molecule has 0 saturated heterocycles. The highest BCUT2D eigenvalue weighted by molar-refractivity contribution is 5.28. The maximum Gasteiger partial charge on any atom is 0.130 e. The molecule has 1 atom stereocenters. The number of aryl methyl sites for hydroxylation is 1. The van der Waals surface area contributed by atoms with Crippen LogP contribution in [0.2, 0.25) is 0 Å². The van der Waals surface area contributed by atoms with Gasteiger partial charge >= 0.3 is 0 Å². The molecule has 1 aromatic rings. The van der Waals surface area contributed by atoms with Crippen LogP contribution in [0.5, 0.6) is 0 Å². The van der Waals surface area contributed by atoms with Gasteiger partial charge < -0.3 is 10.1 Å². The fourth-order valence-electron chi connectivity index (χ4n) is 2.00. The summed E-state index contributed by atoms with van der Waals surface area (Å²) < 4.78 is 32.5. The van der Waals surface area contributed by atoms with Crippen molar-refractivity contribution in [2.75, 3.05) is 14.2 Å². The Labute approximate surface area is 114 Å². The summed E-state index contributed by atoms with van der Waals surface area (Å²) >= 11 is 0. The lowest BCUT2D eigenvalue weighted by molar-refractivity contribution is 0.0117. The number of hydrogen-bond acceptors (Lipinski definition) is 2. The molecule has 0 spiro atoms. The molecule has 0 heterocycles. The van der Waals surface area contributed by atoms with Crippen LogP contribution in [0.15, 0.2) is 12.1 Å². The summed E-state index contributed by atoms with van der Waals surface area (Å²) in [4.78, 5) is 0. The van der Waals surface area contributed by atoms with Crippen molar-refractivity contribution in [2.24, 2.45) is 0 Å². The molecule has 0 amide bonds. The van der Waals surface area contributed by atoms with Gasteiger partial charge in [-0.05, 0) is 52.3 Å². The molecule has 0 aliphatic rings. The summed E-state index contributed by atoms with van der Waals surface area (Å²) in [6.07, 6.45) is 1.50. The lowest BCUT2D eigenvalue weighted by atomic mass is 9.94. The Kier molecular flexibility index (Phi) is 5.44. The topological polar surface area (TPSA) is 21.3 Å². The predicted molar refractivity (Wildman–Crippen MR) is 73.2 cm³/mol. The zero-order valence-electron chi connectivity index (χ0n) is 12.3. The van der Waals surface area contributed by atoms with Crippen LogP contribution in [0.1, 0.15) is 43.9 Å². The highest BCUT2D eigenvalue weighted by Gasteiger charge is 2.21. The highest BCUT2D eigenvalue weighted by Crippen LogP contribution is 2.27. The van der Waals surface area contributed by atoms with E-state index in [9.17, 15) is 8.78 Å². The van der Waals surface area contributed by atoms with Crippen LogP contribution < -0.4 is 5.32 Å². The summed E-state index contributed by atoms with van der Waals surface area (Å²) in [6, 6.07) is 2.39. The summed E-state index contributed by atoms with van der Waals surface area (Å²) in [6.45, 7) is 5.63. The first-order valence-corrected chi connectivity index (χ1v) is 6.48. The van der Waals surface area contributed by atoms with Crippen molar-refractivity contribution in [3.05, 3.63) is 34.9 Å². The van der Waals surface area contributed by atoms with Crippen LogP contribution >= 0.6 is 0 Å². The van der Waals surface area contributed by atoms with Crippen molar-refractivity contribution in [3.63, 3.8) is 0 Å². The molecule has 1 unspecified atom stereocenters. The first-order valence-electron chi connectivity index (χ1n) is 6.48. The molecular formula is C15H23F2NO. The van der Waals surface area contributed by atoms with Crippen LogP contribution in [-0.2, 0) is 4.74 Å². The van der Waals surface area contributed by atoms with Gasteiger partial charge in [0, 0.05) is 24.8 Å². The smallest absolute Gasteiger partial charge is 0.130 e. The van der Waals surface area contributed by atoms with Crippen LogP contribution in [0, 0.1) is 18.6 Å². The van der Waals surface area contributed by atoms with Crippen LogP contribution in [0.3, 0.4) is 0 Å². The van der Waals surface area contributed by atoms with Gasteiger partial charge in [0.15, 0.2) is 0 Å². The molecule has 1 aromatic carbocycles. The van der Waals surface area contributed by atoms with Gasteiger partial charge in [0.2, 0.25) is 0 Å². The Bertz CT molecular complexity index is 432. The van der Waals surface area contributed by atoms with E-state index in [4.69, 9.17) is 4.74 Å². The van der Waals surface area contributed by atoms with Crippen molar-refractivity contribution in [2.45, 2.75) is 45.3 Å². The van der Waals surface area contributed by atoms with Crippen molar-refractivity contribution >= 4 is 0 Å². The molecule has 0 aliphatic heterocycles. The second kappa shape index (κ2) is 6.44. The number of hydrogen-bond donors (Lipinski definition) is 1. The summed E-state index contributed by atoms with van der Waals surface area (Å²) in [5.41, 5.74) is 0.719. The monoisotopic (exact) mass is 271 g/mol. The first kappa shape index (κ1) is 16.1. The normalized spacial score (nSPS) is 13.6. The van der Waals surface area contributed by atoms with E-state index in [1.807, 2.05) is 13.8 Å². The predicted octanol–water partition coefficient (Wildman–Crippen LogP) is 3.74. The van der Waals surface area contributed by atoms with Gasteiger partial charge in [0.25, 0.3) is 0 Å². The van der Waals surface area contributed by atoms with Gasteiger partial charge in [0.05, 0.1) is 5.60 Å². The molecule has 0 bridgehead atoms. The number of rotatable bonds is 6. The molecule has 0 radical (unpaired) electrons. The van der Waals surface area contributed by atoms with Gasteiger partial charge in [-0.25, -0.2) is 8.78 Å². The van der Waals surface area contributed by atoms with Crippen molar-refractivity contribution in [1.82, 2.24) is 5.32 Å². The molecule has 1 rings (SSSR count). The van der Waals surface area contributed by atoms with Gasteiger partial charge in [-0.15, -0.1) is 0 Å². The lowest BCUT2D eigenvalue weighted by Crippen LogP contribution is -2.26. The zero-order chi connectivity index (χ0) is 14.6. The molecule has 0 aliphatic carbocycles. The maximum absolute atomic E-state index is 13.9. The fourth-order valence-corrected chi connectivity index (χ4v) is 2.00. The highest BCUT2D eigenvalue weighted by atomic mass is 19.1. The standard InChI is InChI=1S/C15H23F2NO/c1-10-8-11(13(17)9-12(10)16)14(18-4)6-7-15(2,3)19-5/h8-9,14,18H,6-7H2,1-5H3. The van der Waals surface area contributed by atoms with E-state index in [1.54, 1.807) is 27.1 Å². The van der Waals surface area contributed by atoms with E-state index in [1.165, 1.54) is 0 Å². The second-order valence-corrected chi connectivity index (χ2v) is 5.47. The number of nitrogens with one attached hydrogen (secondary N) is 1. The minimum atomic E-state index is -0.506. The van der Waals surface area contributed by atoms with Crippen molar-refractivity contribution < 1.29 is 13.5 Å². The average Bonchev–Trinajstić information content (AvgIpc) is 2.36. The van der Waals surface area contributed by atoms with E-state index in [2.05, 4.69) is 5.32 Å². The lowest BCUT2D eigenvalue weighted by Gasteiger charge is -2.26. The van der Waals surface area contributed by atoms with E-state index in [0.29, 0.717) is 11.1 Å². The summed E-state index contributed by atoms with van der Waals surface area (Å²) in [5.74, 6) is -1.01. The second-order valence-electron chi connectivity index (χ2n) is 5.47. The fraction of sp³-hybridized carbons (Fsp3) is 0.600. The third kappa shape index (κ3) is 4.25. The molecule has 4 heteroatoms. The molecule has 2 nitrogen and oxygen atoms in total. The number of methoxy groups -OCH3 is 1. The van der Waals surface area contributed by atoms with Gasteiger partial charge in [-0.1, -0.05) is 0 Å². The quantitative estimate of drug-likeness (QED) is 0.851. The van der Waals surface area contributed by atoms with E-state index >= 15 is 0 Å². The van der Waals surface area contributed by atoms with Crippen molar-refractivity contribution in [1.29, 1.82) is 0 Å². The Morgan fingerprint density at radius 2 is 1.89 bits per heavy atom. The Morgan fingerprint density at radius 3 is 2.42 bits per heavy atom. The van der Waals surface area contributed by atoms with Gasteiger partial charge in [0.1, 0.15) is 11.6 Å². The van der Waals surface area contributed by atoms with E-state index in [-0.39, 0.29) is 11.6 Å². The Hall–Kier alpha value is -1.00. The van der Waals surface area contributed by atoms with Crippen LogP contribution in [-0.4, -0.2) is 19.8 Å². The molecule has 0 fully saturated rings. The van der Waals surface area contributed by atoms with Crippen LogP contribution in [0.4, 0.5) is 8.78 Å². The van der Waals surface area contributed by atoms with Gasteiger partial charge in [-0.2, -0.15) is 0 Å². The molecule has 0 saturated carbocycles. The summed E-state index contributed by atoms with van der Waals surface area (Å²) in [7, 11) is 3.44. The summed E-state index contributed by atoms with van der Waals surface area (Å²) in [5, 5.41) is 3.08. The molecule has 19 heavy (non-hydrogen) atoms. The number of ether oxygens (including phenoxy) is 1. The van der Waals surface area contributed by atoms with Crippen molar-refractivity contribution in [3.8, 4) is 0 Å². The molecule has 1 N–H and O–H groups in total.